The monoisotopic (exact) mass is 256 g/mol. The smallest absolute Gasteiger partial charge is 0.0122 e. The maximum Gasteiger partial charge on any atom is 0.0122 e. The molecule has 0 atom stereocenters. The second-order valence-corrected chi connectivity index (χ2v) is 6.28. The standard InChI is InChI=1S/C17H20S/c1-12-7-5-6-8-14(12)15-10-9-13(11-16(15)18)17(2,3)4/h5-11,18H,1-4H3. The first kappa shape index (κ1) is 13.2. The van der Waals surface area contributed by atoms with E-state index in [1.165, 1.54) is 22.3 Å². The minimum atomic E-state index is 0.168. The van der Waals surface area contributed by atoms with Gasteiger partial charge in [-0.3, -0.25) is 0 Å². The van der Waals surface area contributed by atoms with Gasteiger partial charge in [0.2, 0.25) is 0 Å². The zero-order chi connectivity index (χ0) is 13.3. The zero-order valence-corrected chi connectivity index (χ0v) is 12.4. The highest BCUT2D eigenvalue weighted by Crippen LogP contribution is 2.33. The van der Waals surface area contributed by atoms with Gasteiger partial charge in [0.15, 0.2) is 0 Å². The van der Waals surface area contributed by atoms with Crippen LogP contribution in [0.15, 0.2) is 47.4 Å². The number of rotatable bonds is 1. The van der Waals surface area contributed by atoms with Crippen molar-refractivity contribution in [3.8, 4) is 11.1 Å². The predicted octanol–water partition coefficient (Wildman–Crippen LogP) is 5.25. The van der Waals surface area contributed by atoms with Gasteiger partial charge in [-0.1, -0.05) is 57.2 Å². The van der Waals surface area contributed by atoms with E-state index in [1.807, 2.05) is 0 Å². The van der Waals surface area contributed by atoms with Crippen LogP contribution in [0.1, 0.15) is 31.9 Å². The van der Waals surface area contributed by atoms with Crippen molar-refractivity contribution in [3.63, 3.8) is 0 Å². The molecule has 0 nitrogen and oxygen atoms in total. The molecule has 0 unspecified atom stereocenters. The molecular weight excluding hydrogens is 236 g/mol. The van der Waals surface area contributed by atoms with Crippen LogP contribution in [0.2, 0.25) is 0 Å². The summed E-state index contributed by atoms with van der Waals surface area (Å²) in [5.41, 5.74) is 5.26. The Labute approximate surface area is 115 Å². The summed E-state index contributed by atoms with van der Waals surface area (Å²) in [5, 5.41) is 0. The van der Waals surface area contributed by atoms with Crippen molar-refractivity contribution >= 4 is 12.6 Å². The largest absolute Gasteiger partial charge is 0.143 e. The fourth-order valence-corrected chi connectivity index (χ4v) is 2.44. The SMILES string of the molecule is Cc1ccccc1-c1ccc(C(C)(C)C)cc1S. The van der Waals surface area contributed by atoms with Crippen LogP contribution in [-0.2, 0) is 5.41 Å². The Bertz CT molecular complexity index is 562. The molecule has 0 saturated carbocycles. The summed E-state index contributed by atoms with van der Waals surface area (Å²) in [4.78, 5) is 1.05. The van der Waals surface area contributed by atoms with Crippen LogP contribution in [0.3, 0.4) is 0 Å². The summed E-state index contributed by atoms with van der Waals surface area (Å²) in [6, 6.07) is 15.0. The van der Waals surface area contributed by atoms with Crippen molar-refractivity contribution < 1.29 is 0 Å². The van der Waals surface area contributed by atoms with Crippen LogP contribution in [0, 0.1) is 6.92 Å². The Morgan fingerprint density at radius 2 is 1.56 bits per heavy atom. The molecule has 0 aliphatic rings. The fraction of sp³-hybridized carbons (Fsp3) is 0.294. The first-order valence-corrected chi connectivity index (χ1v) is 6.74. The van der Waals surface area contributed by atoms with Gasteiger partial charge in [-0.25, -0.2) is 0 Å². The van der Waals surface area contributed by atoms with Gasteiger partial charge in [-0.15, -0.1) is 12.6 Å². The lowest BCUT2D eigenvalue weighted by molar-refractivity contribution is 0.589. The van der Waals surface area contributed by atoms with Gasteiger partial charge >= 0.3 is 0 Å². The van der Waals surface area contributed by atoms with Crippen LogP contribution in [0.4, 0.5) is 0 Å². The number of thiol groups is 1. The van der Waals surface area contributed by atoms with Crippen molar-refractivity contribution in [2.75, 3.05) is 0 Å². The summed E-state index contributed by atoms with van der Waals surface area (Å²) < 4.78 is 0. The van der Waals surface area contributed by atoms with Crippen molar-refractivity contribution in [2.45, 2.75) is 38.0 Å². The molecule has 2 rings (SSSR count). The van der Waals surface area contributed by atoms with Crippen LogP contribution < -0.4 is 0 Å². The Kier molecular flexibility index (Phi) is 3.54. The van der Waals surface area contributed by atoms with E-state index in [-0.39, 0.29) is 5.41 Å². The molecular formula is C17H20S. The second kappa shape index (κ2) is 4.81. The van der Waals surface area contributed by atoms with Crippen LogP contribution in [0.5, 0.6) is 0 Å². The minimum Gasteiger partial charge on any atom is -0.143 e. The van der Waals surface area contributed by atoms with Crippen molar-refractivity contribution in [1.29, 1.82) is 0 Å². The first-order valence-electron chi connectivity index (χ1n) is 6.29. The Morgan fingerprint density at radius 1 is 0.889 bits per heavy atom. The average molecular weight is 256 g/mol. The molecule has 94 valence electrons. The van der Waals surface area contributed by atoms with Crippen molar-refractivity contribution in [1.82, 2.24) is 0 Å². The molecule has 2 aromatic rings. The zero-order valence-electron chi connectivity index (χ0n) is 11.5. The molecule has 1 heteroatoms. The van der Waals surface area contributed by atoms with E-state index in [2.05, 4.69) is 82.8 Å². The molecule has 0 saturated heterocycles. The van der Waals surface area contributed by atoms with Crippen LogP contribution in [0.25, 0.3) is 11.1 Å². The molecule has 0 fully saturated rings. The van der Waals surface area contributed by atoms with Gasteiger partial charge < -0.3 is 0 Å². The number of aryl methyl sites for hydroxylation is 1. The maximum atomic E-state index is 4.66. The molecule has 0 amide bonds. The van der Waals surface area contributed by atoms with Gasteiger partial charge in [-0.05, 0) is 40.7 Å². The van der Waals surface area contributed by atoms with Crippen LogP contribution in [-0.4, -0.2) is 0 Å². The summed E-state index contributed by atoms with van der Waals surface area (Å²) >= 11 is 4.66. The van der Waals surface area contributed by atoms with E-state index in [0.717, 1.165) is 4.90 Å². The summed E-state index contributed by atoms with van der Waals surface area (Å²) in [6.45, 7) is 8.81. The molecule has 0 heterocycles. The number of benzene rings is 2. The maximum absolute atomic E-state index is 4.66. The summed E-state index contributed by atoms with van der Waals surface area (Å²) in [5.74, 6) is 0. The molecule has 2 aromatic carbocycles. The Hall–Kier alpha value is -1.21. The molecule has 0 bridgehead atoms. The minimum absolute atomic E-state index is 0.168. The lowest BCUT2D eigenvalue weighted by atomic mass is 9.86. The lowest BCUT2D eigenvalue weighted by Gasteiger charge is -2.20. The average Bonchev–Trinajstić information content (AvgIpc) is 2.29. The van der Waals surface area contributed by atoms with Crippen LogP contribution >= 0.6 is 12.6 Å². The first-order chi connectivity index (χ1) is 8.39. The lowest BCUT2D eigenvalue weighted by Crippen LogP contribution is -2.10. The van der Waals surface area contributed by atoms with E-state index in [4.69, 9.17) is 0 Å². The van der Waals surface area contributed by atoms with E-state index < -0.39 is 0 Å². The quantitative estimate of drug-likeness (QED) is 0.662. The Morgan fingerprint density at radius 3 is 2.11 bits per heavy atom. The summed E-state index contributed by atoms with van der Waals surface area (Å²) in [7, 11) is 0. The highest BCUT2D eigenvalue weighted by Gasteiger charge is 2.15. The molecule has 0 spiro atoms. The molecule has 0 aliphatic heterocycles. The summed E-state index contributed by atoms with van der Waals surface area (Å²) in [6.07, 6.45) is 0. The predicted molar refractivity (Wildman–Crippen MR) is 82.6 cm³/mol. The normalized spacial score (nSPS) is 11.6. The third kappa shape index (κ3) is 2.62. The van der Waals surface area contributed by atoms with E-state index in [1.54, 1.807) is 0 Å². The van der Waals surface area contributed by atoms with E-state index in [0.29, 0.717) is 0 Å². The topological polar surface area (TPSA) is 0 Å². The number of hydrogen-bond acceptors (Lipinski definition) is 1. The molecule has 0 aliphatic carbocycles. The van der Waals surface area contributed by atoms with Crippen molar-refractivity contribution in [2.24, 2.45) is 0 Å². The third-order valence-electron chi connectivity index (χ3n) is 3.30. The van der Waals surface area contributed by atoms with Gasteiger partial charge in [0.05, 0.1) is 0 Å². The number of hydrogen-bond donors (Lipinski definition) is 1. The fourth-order valence-electron chi connectivity index (χ4n) is 2.10. The van der Waals surface area contributed by atoms with E-state index >= 15 is 0 Å². The van der Waals surface area contributed by atoms with Gasteiger partial charge in [0, 0.05) is 4.90 Å². The van der Waals surface area contributed by atoms with Gasteiger partial charge in [0.1, 0.15) is 0 Å². The van der Waals surface area contributed by atoms with Gasteiger partial charge in [0.25, 0.3) is 0 Å². The van der Waals surface area contributed by atoms with Crippen molar-refractivity contribution in [3.05, 3.63) is 53.6 Å². The molecule has 0 N–H and O–H groups in total. The Balaban J connectivity index is 2.52. The second-order valence-electron chi connectivity index (χ2n) is 5.80. The molecule has 0 aromatic heterocycles. The molecule has 18 heavy (non-hydrogen) atoms. The highest BCUT2D eigenvalue weighted by atomic mass is 32.1. The van der Waals surface area contributed by atoms with Gasteiger partial charge in [-0.2, -0.15) is 0 Å². The van der Waals surface area contributed by atoms with E-state index in [9.17, 15) is 0 Å². The highest BCUT2D eigenvalue weighted by molar-refractivity contribution is 7.80. The third-order valence-corrected chi connectivity index (χ3v) is 3.67. The molecule has 0 radical (unpaired) electrons.